The number of nitrogens with one attached hydrogen (secondary N) is 1. The van der Waals surface area contributed by atoms with E-state index in [9.17, 15) is 9.59 Å². The number of carboxylic acids is 1. The van der Waals surface area contributed by atoms with Gasteiger partial charge in [-0.1, -0.05) is 23.7 Å². The molecular weight excluding hydrogens is 292 g/mol. The average molecular weight is 311 g/mol. The quantitative estimate of drug-likeness (QED) is 0.878. The Hall–Kier alpha value is -1.75. The lowest BCUT2D eigenvalue weighted by Gasteiger charge is -2.23. The van der Waals surface area contributed by atoms with Crippen LogP contribution in [0.3, 0.4) is 0 Å². The van der Waals surface area contributed by atoms with Gasteiger partial charge in [0.05, 0.1) is 6.42 Å². The molecule has 6 heteroatoms. The van der Waals surface area contributed by atoms with Gasteiger partial charge in [-0.2, -0.15) is 0 Å². The lowest BCUT2D eigenvalue weighted by atomic mass is 10.1. The van der Waals surface area contributed by atoms with Gasteiger partial charge in [-0.05, 0) is 37.0 Å². The zero-order valence-electron chi connectivity index (χ0n) is 11.7. The van der Waals surface area contributed by atoms with E-state index in [0.717, 1.165) is 24.8 Å². The number of halogens is 1. The van der Waals surface area contributed by atoms with Crippen LogP contribution >= 0.6 is 11.6 Å². The van der Waals surface area contributed by atoms with Crippen molar-refractivity contribution in [2.24, 2.45) is 0 Å². The Bertz CT molecular complexity index is 504. The first-order valence-electron chi connectivity index (χ1n) is 7.07. The minimum atomic E-state index is -0.860. The molecule has 1 aromatic carbocycles. The minimum absolute atomic E-state index is 0.0185. The van der Waals surface area contributed by atoms with E-state index in [0.29, 0.717) is 18.1 Å². The largest absolute Gasteiger partial charge is 0.481 e. The molecule has 2 rings (SSSR count). The van der Waals surface area contributed by atoms with Crippen LogP contribution in [0, 0.1) is 0 Å². The highest BCUT2D eigenvalue weighted by Gasteiger charge is 2.29. The first-order valence-corrected chi connectivity index (χ1v) is 7.45. The maximum absolute atomic E-state index is 12.1. The van der Waals surface area contributed by atoms with Crippen molar-refractivity contribution in [3.8, 4) is 0 Å². The van der Waals surface area contributed by atoms with Gasteiger partial charge in [0.1, 0.15) is 0 Å². The number of nitrogens with zero attached hydrogens (tertiary/aromatic N) is 1. The van der Waals surface area contributed by atoms with Gasteiger partial charge in [-0.3, -0.25) is 4.79 Å². The van der Waals surface area contributed by atoms with E-state index >= 15 is 0 Å². The standard InChI is InChI=1S/C15H19ClN2O3/c16-12-5-3-11(4-6-12)7-8-17-15(21)18-9-1-2-13(18)10-14(19)20/h3-6,13H,1-2,7-10H2,(H,17,21)(H,19,20). The number of carboxylic acid groups (broad SMARTS) is 1. The van der Waals surface area contributed by atoms with E-state index in [1.807, 2.05) is 24.3 Å². The summed E-state index contributed by atoms with van der Waals surface area (Å²) < 4.78 is 0. The normalized spacial score (nSPS) is 17.8. The zero-order valence-corrected chi connectivity index (χ0v) is 12.5. The van der Waals surface area contributed by atoms with Gasteiger partial charge in [0, 0.05) is 24.2 Å². The Kier molecular flexibility index (Phi) is 5.44. The molecule has 1 fully saturated rings. The molecule has 21 heavy (non-hydrogen) atoms. The van der Waals surface area contributed by atoms with Crippen LogP contribution in [0.5, 0.6) is 0 Å². The van der Waals surface area contributed by atoms with Crippen LogP contribution in [-0.4, -0.2) is 41.1 Å². The van der Waals surface area contributed by atoms with Gasteiger partial charge in [0.2, 0.25) is 0 Å². The fourth-order valence-corrected chi connectivity index (χ4v) is 2.71. The highest BCUT2D eigenvalue weighted by Crippen LogP contribution is 2.20. The number of amides is 2. The number of rotatable bonds is 5. The summed E-state index contributed by atoms with van der Waals surface area (Å²) in [6.45, 7) is 1.15. The molecule has 0 saturated carbocycles. The van der Waals surface area contributed by atoms with Gasteiger partial charge in [-0.25, -0.2) is 4.79 Å². The van der Waals surface area contributed by atoms with E-state index < -0.39 is 5.97 Å². The van der Waals surface area contributed by atoms with Gasteiger partial charge in [-0.15, -0.1) is 0 Å². The molecule has 1 aromatic rings. The highest BCUT2D eigenvalue weighted by atomic mass is 35.5. The van der Waals surface area contributed by atoms with Gasteiger partial charge >= 0.3 is 12.0 Å². The topological polar surface area (TPSA) is 69.6 Å². The van der Waals surface area contributed by atoms with Crippen LogP contribution < -0.4 is 5.32 Å². The number of benzene rings is 1. The van der Waals surface area contributed by atoms with Crippen LogP contribution in [0.25, 0.3) is 0 Å². The van der Waals surface area contributed by atoms with Crippen LogP contribution in [0.1, 0.15) is 24.8 Å². The molecule has 2 amide bonds. The van der Waals surface area contributed by atoms with Crippen molar-refractivity contribution in [1.82, 2.24) is 10.2 Å². The summed E-state index contributed by atoms with van der Waals surface area (Å²) in [6.07, 6.45) is 2.37. The molecule has 1 unspecified atom stereocenters. The van der Waals surface area contributed by atoms with Crippen LogP contribution in [0.15, 0.2) is 24.3 Å². The molecule has 0 spiro atoms. The summed E-state index contributed by atoms with van der Waals surface area (Å²) in [5.74, 6) is -0.860. The molecule has 1 aliphatic heterocycles. The average Bonchev–Trinajstić information content (AvgIpc) is 2.88. The predicted molar refractivity (Wildman–Crippen MR) is 80.5 cm³/mol. The Balaban J connectivity index is 1.78. The Morgan fingerprint density at radius 3 is 2.71 bits per heavy atom. The predicted octanol–water partition coefficient (Wildman–Crippen LogP) is 2.53. The van der Waals surface area contributed by atoms with E-state index in [1.165, 1.54) is 0 Å². The van der Waals surface area contributed by atoms with Crippen molar-refractivity contribution in [2.75, 3.05) is 13.1 Å². The monoisotopic (exact) mass is 310 g/mol. The lowest BCUT2D eigenvalue weighted by molar-refractivity contribution is -0.137. The number of hydrogen-bond acceptors (Lipinski definition) is 2. The SMILES string of the molecule is O=C(O)CC1CCCN1C(=O)NCCc1ccc(Cl)cc1. The number of carbonyl (C=O) groups excluding carboxylic acids is 1. The number of carbonyl (C=O) groups is 2. The third-order valence-corrected chi connectivity index (χ3v) is 3.90. The van der Waals surface area contributed by atoms with Crippen LogP contribution in [0.2, 0.25) is 5.02 Å². The molecule has 114 valence electrons. The van der Waals surface area contributed by atoms with Gasteiger partial charge in [0.15, 0.2) is 0 Å². The molecule has 1 atom stereocenters. The second kappa shape index (κ2) is 7.31. The lowest BCUT2D eigenvalue weighted by Crippen LogP contribution is -2.44. The van der Waals surface area contributed by atoms with Crippen molar-refractivity contribution < 1.29 is 14.7 Å². The molecule has 0 aromatic heterocycles. The molecule has 2 N–H and O–H groups in total. The fourth-order valence-electron chi connectivity index (χ4n) is 2.58. The summed E-state index contributed by atoms with van der Waals surface area (Å²) in [6, 6.07) is 7.14. The molecule has 0 bridgehead atoms. The summed E-state index contributed by atoms with van der Waals surface area (Å²) >= 11 is 5.82. The first-order chi connectivity index (χ1) is 10.1. The number of aliphatic carboxylic acids is 1. The number of hydrogen-bond donors (Lipinski definition) is 2. The maximum Gasteiger partial charge on any atom is 0.317 e. The smallest absolute Gasteiger partial charge is 0.317 e. The minimum Gasteiger partial charge on any atom is -0.481 e. The van der Waals surface area contributed by atoms with Gasteiger partial charge in [0.25, 0.3) is 0 Å². The first kappa shape index (κ1) is 15.6. The second-order valence-electron chi connectivity index (χ2n) is 5.20. The molecule has 0 aliphatic carbocycles. The van der Waals surface area contributed by atoms with Crippen LogP contribution in [0.4, 0.5) is 4.79 Å². The van der Waals surface area contributed by atoms with Crippen molar-refractivity contribution in [2.45, 2.75) is 31.7 Å². The van der Waals surface area contributed by atoms with Crippen molar-refractivity contribution in [3.05, 3.63) is 34.9 Å². The van der Waals surface area contributed by atoms with Crippen LogP contribution in [-0.2, 0) is 11.2 Å². The summed E-state index contributed by atoms with van der Waals surface area (Å²) in [5, 5.41) is 12.4. The van der Waals surface area contributed by atoms with Crippen molar-refractivity contribution >= 4 is 23.6 Å². The van der Waals surface area contributed by atoms with E-state index in [-0.39, 0.29) is 18.5 Å². The molecule has 5 nitrogen and oxygen atoms in total. The summed E-state index contributed by atoms with van der Waals surface area (Å²) in [4.78, 5) is 24.5. The Labute approximate surface area is 128 Å². The summed E-state index contributed by atoms with van der Waals surface area (Å²) in [7, 11) is 0. The Morgan fingerprint density at radius 1 is 1.33 bits per heavy atom. The fraction of sp³-hybridized carbons (Fsp3) is 0.467. The van der Waals surface area contributed by atoms with E-state index in [4.69, 9.17) is 16.7 Å². The van der Waals surface area contributed by atoms with E-state index in [1.54, 1.807) is 4.90 Å². The maximum atomic E-state index is 12.1. The molecule has 1 heterocycles. The molecule has 1 saturated heterocycles. The van der Waals surface area contributed by atoms with Crippen molar-refractivity contribution in [1.29, 1.82) is 0 Å². The zero-order chi connectivity index (χ0) is 15.2. The Morgan fingerprint density at radius 2 is 2.05 bits per heavy atom. The number of urea groups is 1. The third kappa shape index (κ3) is 4.63. The molecule has 1 aliphatic rings. The van der Waals surface area contributed by atoms with Gasteiger partial charge < -0.3 is 15.3 Å². The third-order valence-electron chi connectivity index (χ3n) is 3.65. The highest BCUT2D eigenvalue weighted by molar-refractivity contribution is 6.30. The number of likely N-dealkylation sites (tertiary alicyclic amines) is 1. The second-order valence-corrected chi connectivity index (χ2v) is 5.63. The van der Waals surface area contributed by atoms with Crippen molar-refractivity contribution in [3.63, 3.8) is 0 Å². The molecular formula is C15H19ClN2O3. The summed E-state index contributed by atoms with van der Waals surface area (Å²) in [5.41, 5.74) is 1.10. The van der Waals surface area contributed by atoms with E-state index in [2.05, 4.69) is 5.32 Å². The molecule has 0 radical (unpaired) electrons.